The van der Waals surface area contributed by atoms with Gasteiger partial charge in [-0.25, -0.2) is 4.68 Å². The standard InChI is InChI=1S/C33H36F3N7O4/c1-19-13-21(3-4-23(19)17-44)22-5-6-24(26(14-22)43-10-7-20(2)41-43)29(33(34,35)36)47-28-15-27(39-31(37)40-28)42-11-8-32(9-12-42)16-25(30(45)46)38-18-32/h3-7,10,13-15,25,29,38,44H,8-9,11-12,16-18H2,1-2H3,(H,45,46)(H2,37,39,40). The normalized spacial score (nSPS) is 18.4. The number of aliphatic hydroxyl groups excluding tert-OH is 1. The van der Waals surface area contributed by atoms with Gasteiger partial charge in [0.1, 0.15) is 11.9 Å². The minimum absolute atomic E-state index is 0.119. The van der Waals surface area contributed by atoms with Crippen molar-refractivity contribution in [3.63, 3.8) is 0 Å². The summed E-state index contributed by atoms with van der Waals surface area (Å²) in [4.78, 5) is 21.7. The van der Waals surface area contributed by atoms with Crippen LogP contribution in [0, 0.1) is 19.3 Å². The summed E-state index contributed by atoms with van der Waals surface area (Å²) in [5.74, 6) is -1.09. The molecule has 0 saturated carbocycles. The Balaban J connectivity index is 1.31. The number of alkyl halides is 3. The number of aromatic nitrogens is 4. The van der Waals surface area contributed by atoms with E-state index in [2.05, 4.69) is 20.4 Å². The first-order valence-electron chi connectivity index (χ1n) is 15.3. The summed E-state index contributed by atoms with van der Waals surface area (Å²) in [6.45, 7) is 5.13. The van der Waals surface area contributed by atoms with Crippen molar-refractivity contribution in [2.75, 3.05) is 30.3 Å². The van der Waals surface area contributed by atoms with Crippen molar-refractivity contribution in [2.24, 2.45) is 5.41 Å². The number of nitrogens with one attached hydrogen (secondary N) is 1. The maximum atomic E-state index is 14.9. The van der Waals surface area contributed by atoms with Crippen molar-refractivity contribution >= 4 is 17.7 Å². The van der Waals surface area contributed by atoms with Crippen LogP contribution in [0.15, 0.2) is 54.7 Å². The van der Waals surface area contributed by atoms with Gasteiger partial charge in [0.15, 0.2) is 0 Å². The molecule has 2 atom stereocenters. The minimum atomic E-state index is -4.84. The third-order valence-corrected chi connectivity index (χ3v) is 9.18. The quantitative estimate of drug-likeness (QED) is 0.210. The number of carboxylic acids is 1. The second kappa shape index (κ2) is 12.5. The second-order valence-corrected chi connectivity index (χ2v) is 12.4. The van der Waals surface area contributed by atoms with Crippen molar-refractivity contribution < 1.29 is 32.9 Å². The van der Waals surface area contributed by atoms with E-state index in [4.69, 9.17) is 10.5 Å². The molecule has 11 nitrogen and oxygen atoms in total. The fourth-order valence-corrected chi connectivity index (χ4v) is 6.51. The summed E-state index contributed by atoms with van der Waals surface area (Å²) in [5.41, 5.74) is 9.49. The van der Waals surface area contributed by atoms with Gasteiger partial charge in [-0.1, -0.05) is 30.3 Å². The number of aliphatic hydroxyl groups is 1. The van der Waals surface area contributed by atoms with Crippen LogP contribution in [-0.4, -0.2) is 67.8 Å². The van der Waals surface area contributed by atoms with Gasteiger partial charge in [0.25, 0.3) is 0 Å². The first kappa shape index (κ1) is 32.3. The van der Waals surface area contributed by atoms with Crippen LogP contribution in [0.4, 0.5) is 24.9 Å². The number of anilines is 2. The van der Waals surface area contributed by atoms with E-state index in [0.29, 0.717) is 56.0 Å². The van der Waals surface area contributed by atoms with Crippen LogP contribution in [0.5, 0.6) is 5.88 Å². The molecule has 0 amide bonds. The Bertz CT molecular complexity index is 1790. The molecule has 14 heteroatoms. The van der Waals surface area contributed by atoms with Crippen LogP contribution in [0.3, 0.4) is 0 Å². The lowest BCUT2D eigenvalue weighted by Gasteiger charge is -2.39. The molecule has 6 rings (SSSR count). The van der Waals surface area contributed by atoms with E-state index >= 15 is 0 Å². The predicted molar refractivity (Wildman–Crippen MR) is 168 cm³/mol. The second-order valence-electron chi connectivity index (χ2n) is 12.4. The fraction of sp³-hybridized carbons (Fsp3) is 0.394. The number of hydrogen-bond acceptors (Lipinski definition) is 9. The fourth-order valence-electron chi connectivity index (χ4n) is 6.51. The van der Waals surface area contributed by atoms with E-state index in [0.717, 1.165) is 16.7 Å². The molecule has 248 valence electrons. The number of nitrogen functional groups attached to an aromatic ring is 1. The molecule has 2 unspecified atom stereocenters. The molecule has 2 aliphatic rings. The first-order valence-corrected chi connectivity index (χ1v) is 15.3. The van der Waals surface area contributed by atoms with Gasteiger partial charge in [0.2, 0.25) is 17.9 Å². The smallest absolute Gasteiger partial charge is 0.429 e. The monoisotopic (exact) mass is 651 g/mol. The zero-order valence-corrected chi connectivity index (χ0v) is 26.0. The Morgan fingerprint density at radius 3 is 2.45 bits per heavy atom. The van der Waals surface area contributed by atoms with Crippen molar-refractivity contribution in [1.82, 2.24) is 25.1 Å². The molecule has 1 spiro atoms. The highest BCUT2D eigenvalue weighted by Gasteiger charge is 2.46. The highest BCUT2D eigenvalue weighted by Crippen LogP contribution is 2.43. The SMILES string of the molecule is Cc1ccn(-c2cc(-c3ccc(CO)c(C)c3)ccc2C(Oc2cc(N3CCC4(CC3)CNC(C(=O)O)C4)nc(N)n2)C(F)(F)F)n1. The van der Waals surface area contributed by atoms with Gasteiger partial charge < -0.3 is 30.9 Å². The molecule has 47 heavy (non-hydrogen) atoms. The third-order valence-electron chi connectivity index (χ3n) is 9.18. The lowest BCUT2D eigenvalue weighted by molar-refractivity contribution is -0.198. The summed E-state index contributed by atoms with van der Waals surface area (Å²) >= 11 is 0. The van der Waals surface area contributed by atoms with Crippen molar-refractivity contribution in [3.05, 3.63) is 77.1 Å². The summed E-state index contributed by atoms with van der Waals surface area (Å²) in [7, 11) is 0. The van der Waals surface area contributed by atoms with Gasteiger partial charge in [-0.3, -0.25) is 4.79 Å². The maximum absolute atomic E-state index is 14.9. The van der Waals surface area contributed by atoms with Crippen LogP contribution in [-0.2, 0) is 11.4 Å². The zero-order chi connectivity index (χ0) is 33.5. The number of ether oxygens (including phenoxy) is 1. The van der Waals surface area contributed by atoms with Crippen LogP contribution >= 0.6 is 0 Å². The molecule has 2 aromatic carbocycles. The Morgan fingerprint density at radius 1 is 1.11 bits per heavy atom. The Labute approximate surface area is 269 Å². The third kappa shape index (κ3) is 6.74. The predicted octanol–water partition coefficient (Wildman–Crippen LogP) is 4.74. The van der Waals surface area contributed by atoms with Gasteiger partial charge in [0.05, 0.1) is 18.0 Å². The number of carbonyl (C=O) groups is 1. The lowest BCUT2D eigenvalue weighted by Crippen LogP contribution is -2.41. The van der Waals surface area contributed by atoms with Gasteiger partial charge >= 0.3 is 12.1 Å². The van der Waals surface area contributed by atoms with E-state index < -0.39 is 24.3 Å². The Kier molecular flexibility index (Phi) is 8.57. The van der Waals surface area contributed by atoms with Gasteiger partial charge in [-0.2, -0.15) is 28.2 Å². The maximum Gasteiger partial charge on any atom is 0.429 e. The van der Waals surface area contributed by atoms with Crippen molar-refractivity contribution in [3.8, 4) is 22.7 Å². The Morgan fingerprint density at radius 2 is 1.83 bits per heavy atom. The Hall–Kier alpha value is -4.69. The summed E-state index contributed by atoms with van der Waals surface area (Å²) in [5, 5.41) is 26.4. The van der Waals surface area contributed by atoms with Crippen LogP contribution in [0.2, 0.25) is 0 Å². The molecule has 0 aliphatic carbocycles. The van der Waals surface area contributed by atoms with Gasteiger partial charge in [-0.15, -0.1) is 0 Å². The summed E-state index contributed by atoms with van der Waals surface area (Å²) in [6, 6.07) is 12.5. The molecule has 2 fully saturated rings. The number of hydrogen-bond donors (Lipinski definition) is 4. The molecule has 4 aromatic rings. The van der Waals surface area contributed by atoms with E-state index in [1.807, 2.05) is 24.0 Å². The number of carboxylic acid groups (broad SMARTS) is 1. The molecule has 2 aromatic heterocycles. The molecule has 5 N–H and O–H groups in total. The number of halogens is 3. The molecule has 2 saturated heterocycles. The minimum Gasteiger partial charge on any atom is -0.480 e. The number of rotatable bonds is 8. The highest BCUT2D eigenvalue weighted by molar-refractivity contribution is 5.74. The average molecular weight is 652 g/mol. The van der Waals surface area contributed by atoms with E-state index in [1.165, 1.54) is 16.8 Å². The van der Waals surface area contributed by atoms with Gasteiger partial charge in [-0.05, 0) is 72.9 Å². The molecule has 0 bridgehead atoms. The average Bonchev–Trinajstić information content (AvgIpc) is 3.66. The number of aryl methyl sites for hydroxylation is 2. The number of nitrogens with two attached hydrogens (primary N) is 1. The lowest BCUT2D eigenvalue weighted by atomic mass is 9.76. The largest absolute Gasteiger partial charge is 0.480 e. The van der Waals surface area contributed by atoms with E-state index in [-0.39, 0.29) is 35.1 Å². The number of aliphatic carboxylic acids is 1. The number of piperidine rings is 1. The molecular formula is C33H36F3N7O4. The number of benzene rings is 2. The highest BCUT2D eigenvalue weighted by atomic mass is 19.4. The summed E-state index contributed by atoms with van der Waals surface area (Å²) < 4.78 is 51.6. The summed E-state index contributed by atoms with van der Waals surface area (Å²) in [6.07, 6.45) is -3.76. The molecule has 0 radical (unpaired) electrons. The molecule has 4 heterocycles. The van der Waals surface area contributed by atoms with E-state index in [9.17, 15) is 28.2 Å². The molecular weight excluding hydrogens is 615 g/mol. The topological polar surface area (TPSA) is 152 Å². The zero-order valence-electron chi connectivity index (χ0n) is 26.0. The van der Waals surface area contributed by atoms with Crippen molar-refractivity contribution in [1.29, 1.82) is 0 Å². The first-order chi connectivity index (χ1) is 22.3. The van der Waals surface area contributed by atoms with Crippen LogP contribution in [0.1, 0.15) is 47.8 Å². The van der Waals surface area contributed by atoms with Crippen LogP contribution < -0.4 is 20.7 Å². The van der Waals surface area contributed by atoms with E-state index in [1.54, 1.807) is 37.4 Å². The van der Waals surface area contributed by atoms with Gasteiger partial charge in [0, 0.05) is 37.5 Å². The molecule has 2 aliphatic heterocycles. The van der Waals surface area contributed by atoms with Crippen molar-refractivity contribution in [2.45, 2.75) is 58.0 Å². The van der Waals surface area contributed by atoms with Crippen LogP contribution in [0.25, 0.3) is 16.8 Å². The number of nitrogens with zero attached hydrogens (tertiary/aromatic N) is 5.